The molecule has 0 radical (unpaired) electrons. The molecule has 0 spiro atoms. The number of nitrogens with one attached hydrogen (secondary N) is 2. The van der Waals surface area contributed by atoms with Gasteiger partial charge in [-0.3, -0.25) is 9.59 Å². The zero-order valence-electron chi connectivity index (χ0n) is 27.3. The van der Waals surface area contributed by atoms with Gasteiger partial charge in [0.25, 0.3) is 0 Å². The van der Waals surface area contributed by atoms with E-state index in [0.717, 1.165) is 44.9 Å². The van der Waals surface area contributed by atoms with E-state index in [2.05, 4.69) is 48.2 Å². The van der Waals surface area contributed by atoms with Crippen molar-refractivity contribution in [1.82, 2.24) is 10.6 Å². The molecule has 0 aromatic carbocycles. The standard InChI is InChI=1S/C37H66N2O2/c1-3-5-7-9-11-12-13-14-15-16-17-18-19-20-21-22-23-24-25-27-29-31-33-37(41)39-35-34-38-36(40)32-30-28-26-10-8-6-4-2/h3-17,22-35H2,1-2H3,(H,38,40)(H,39,41). The van der Waals surface area contributed by atoms with Crippen LogP contribution in [0.4, 0.5) is 0 Å². The van der Waals surface area contributed by atoms with E-state index in [4.69, 9.17) is 0 Å². The summed E-state index contributed by atoms with van der Waals surface area (Å²) in [7, 11) is 0. The Hall–Kier alpha value is -1.94. The second kappa shape index (κ2) is 34.3. The molecule has 2 N–H and O–H groups in total. The fourth-order valence-electron chi connectivity index (χ4n) is 4.94. The average molecular weight is 571 g/mol. The quantitative estimate of drug-likeness (QED) is 0.0694. The Morgan fingerprint density at radius 2 is 0.707 bits per heavy atom. The molecule has 0 aliphatic rings. The molecule has 0 bridgehead atoms. The molecular weight excluding hydrogens is 504 g/mol. The first kappa shape index (κ1) is 39.1. The van der Waals surface area contributed by atoms with Crippen LogP contribution in [0.2, 0.25) is 0 Å². The van der Waals surface area contributed by atoms with Gasteiger partial charge in [0, 0.05) is 38.8 Å². The second-order valence-electron chi connectivity index (χ2n) is 11.7. The fraction of sp³-hybridized carbons (Fsp3) is 0.838. The van der Waals surface area contributed by atoms with Gasteiger partial charge in [-0.25, -0.2) is 0 Å². The van der Waals surface area contributed by atoms with Gasteiger partial charge in [-0.05, 0) is 37.5 Å². The minimum atomic E-state index is 0.0934. The van der Waals surface area contributed by atoms with Crippen LogP contribution in [-0.4, -0.2) is 24.9 Å². The molecule has 0 atom stereocenters. The Morgan fingerprint density at radius 3 is 1.05 bits per heavy atom. The molecule has 0 saturated heterocycles. The Balaban J connectivity index is 3.37. The van der Waals surface area contributed by atoms with Crippen molar-refractivity contribution in [3.8, 4) is 23.7 Å². The predicted molar refractivity (Wildman–Crippen MR) is 178 cm³/mol. The van der Waals surface area contributed by atoms with Crippen LogP contribution in [0.1, 0.15) is 187 Å². The van der Waals surface area contributed by atoms with Crippen LogP contribution in [0.15, 0.2) is 0 Å². The molecule has 0 aliphatic heterocycles. The maximum absolute atomic E-state index is 12.0. The van der Waals surface area contributed by atoms with Gasteiger partial charge in [0.05, 0.1) is 0 Å². The van der Waals surface area contributed by atoms with Crippen molar-refractivity contribution >= 4 is 11.8 Å². The van der Waals surface area contributed by atoms with Crippen LogP contribution in [0, 0.1) is 23.7 Å². The first-order chi connectivity index (χ1) is 20.2. The van der Waals surface area contributed by atoms with Crippen LogP contribution >= 0.6 is 0 Å². The second-order valence-corrected chi connectivity index (χ2v) is 11.7. The molecule has 0 heterocycles. The summed E-state index contributed by atoms with van der Waals surface area (Å²) in [6, 6.07) is 0. The highest BCUT2D eigenvalue weighted by molar-refractivity contribution is 5.77. The Kier molecular flexibility index (Phi) is 32.6. The molecule has 0 aromatic heterocycles. The summed E-state index contributed by atoms with van der Waals surface area (Å²) in [5.74, 6) is 12.6. The van der Waals surface area contributed by atoms with Gasteiger partial charge >= 0.3 is 0 Å². The molecule has 0 rings (SSSR count). The lowest BCUT2D eigenvalue weighted by Crippen LogP contribution is -2.34. The number of hydrogen-bond donors (Lipinski definition) is 2. The SMILES string of the molecule is CCCCCCCCCCCCC#CC#CCCCCCCCCC(=O)NCCNC(=O)CCCCCCCCC. The van der Waals surface area contributed by atoms with Crippen LogP contribution in [0.25, 0.3) is 0 Å². The smallest absolute Gasteiger partial charge is 0.220 e. The van der Waals surface area contributed by atoms with E-state index in [1.807, 2.05) is 0 Å². The lowest BCUT2D eigenvalue weighted by molar-refractivity contribution is -0.123. The number of rotatable bonds is 29. The summed E-state index contributed by atoms with van der Waals surface area (Å²) in [5.41, 5.74) is 0. The molecular formula is C37H66N2O2. The third-order valence-electron chi connectivity index (χ3n) is 7.63. The molecule has 4 nitrogen and oxygen atoms in total. The highest BCUT2D eigenvalue weighted by atomic mass is 16.2. The van der Waals surface area contributed by atoms with Crippen molar-refractivity contribution in [3.05, 3.63) is 0 Å². The Morgan fingerprint density at radius 1 is 0.415 bits per heavy atom. The number of carbonyl (C=O) groups excluding carboxylic acids is 2. The van der Waals surface area contributed by atoms with Gasteiger partial charge in [-0.15, -0.1) is 0 Å². The zero-order valence-corrected chi connectivity index (χ0v) is 27.3. The van der Waals surface area contributed by atoms with Gasteiger partial charge in [0.2, 0.25) is 11.8 Å². The third-order valence-corrected chi connectivity index (χ3v) is 7.63. The zero-order chi connectivity index (χ0) is 29.9. The minimum absolute atomic E-state index is 0.0934. The molecule has 0 aromatic rings. The summed E-state index contributed by atoms with van der Waals surface area (Å²) < 4.78 is 0. The average Bonchev–Trinajstić information content (AvgIpc) is 2.97. The van der Waals surface area contributed by atoms with Crippen molar-refractivity contribution in [2.75, 3.05) is 13.1 Å². The van der Waals surface area contributed by atoms with E-state index in [0.29, 0.717) is 25.9 Å². The van der Waals surface area contributed by atoms with Crippen molar-refractivity contribution in [2.45, 2.75) is 187 Å². The maximum atomic E-state index is 12.0. The van der Waals surface area contributed by atoms with Crippen molar-refractivity contribution < 1.29 is 9.59 Å². The van der Waals surface area contributed by atoms with E-state index in [1.54, 1.807) is 0 Å². The van der Waals surface area contributed by atoms with Gasteiger partial charge in [0.1, 0.15) is 0 Å². The normalized spacial score (nSPS) is 10.4. The molecule has 0 saturated carbocycles. The maximum Gasteiger partial charge on any atom is 0.220 e. The number of carbonyl (C=O) groups is 2. The highest BCUT2D eigenvalue weighted by Crippen LogP contribution is 2.11. The summed E-state index contributed by atoms with van der Waals surface area (Å²) in [4.78, 5) is 23.8. The first-order valence-corrected chi connectivity index (χ1v) is 17.7. The molecule has 0 aliphatic carbocycles. The number of amides is 2. The molecule has 236 valence electrons. The Bertz CT molecular complexity index is 710. The lowest BCUT2D eigenvalue weighted by Gasteiger charge is -2.07. The summed E-state index contributed by atoms with van der Waals surface area (Å²) in [5, 5.41) is 5.83. The molecule has 0 fully saturated rings. The molecule has 0 unspecified atom stereocenters. The van der Waals surface area contributed by atoms with Crippen LogP contribution in [-0.2, 0) is 9.59 Å². The van der Waals surface area contributed by atoms with Crippen molar-refractivity contribution in [3.63, 3.8) is 0 Å². The van der Waals surface area contributed by atoms with E-state index < -0.39 is 0 Å². The van der Waals surface area contributed by atoms with E-state index in [9.17, 15) is 9.59 Å². The van der Waals surface area contributed by atoms with Gasteiger partial charge < -0.3 is 10.6 Å². The topological polar surface area (TPSA) is 58.2 Å². The summed E-state index contributed by atoms with van der Waals surface area (Å²) >= 11 is 0. The highest BCUT2D eigenvalue weighted by Gasteiger charge is 2.03. The number of unbranched alkanes of at least 4 members (excludes halogenated alkanes) is 22. The summed E-state index contributed by atoms with van der Waals surface area (Å²) in [6.07, 6.45) is 32.0. The van der Waals surface area contributed by atoms with Gasteiger partial charge in [-0.2, -0.15) is 0 Å². The predicted octanol–water partition coefficient (Wildman–Crippen LogP) is 9.80. The van der Waals surface area contributed by atoms with E-state index >= 15 is 0 Å². The molecule has 4 heteroatoms. The molecule has 41 heavy (non-hydrogen) atoms. The van der Waals surface area contributed by atoms with E-state index in [-0.39, 0.29) is 11.8 Å². The lowest BCUT2D eigenvalue weighted by atomic mass is 10.1. The van der Waals surface area contributed by atoms with Gasteiger partial charge in [0.15, 0.2) is 0 Å². The summed E-state index contributed by atoms with van der Waals surface area (Å²) in [6.45, 7) is 5.54. The fourth-order valence-corrected chi connectivity index (χ4v) is 4.94. The largest absolute Gasteiger partial charge is 0.354 e. The number of hydrogen-bond acceptors (Lipinski definition) is 2. The van der Waals surface area contributed by atoms with Crippen LogP contribution in [0.5, 0.6) is 0 Å². The molecule has 2 amide bonds. The monoisotopic (exact) mass is 571 g/mol. The van der Waals surface area contributed by atoms with E-state index in [1.165, 1.54) is 116 Å². The minimum Gasteiger partial charge on any atom is -0.354 e. The van der Waals surface area contributed by atoms with Crippen LogP contribution in [0.3, 0.4) is 0 Å². The Labute approximate surface area is 255 Å². The van der Waals surface area contributed by atoms with Crippen molar-refractivity contribution in [1.29, 1.82) is 0 Å². The van der Waals surface area contributed by atoms with Gasteiger partial charge in [-0.1, -0.05) is 148 Å². The van der Waals surface area contributed by atoms with Crippen molar-refractivity contribution in [2.24, 2.45) is 0 Å². The van der Waals surface area contributed by atoms with Crippen LogP contribution < -0.4 is 10.6 Å². The third kappa shape index (κ3) is 34.2. The first-order valence-electron chi connectivity index (χ1n) is 17.7.